The average molecular weight is 276 g/mol. The molecule has 0 bridgehead atoms. The summed E-state index contributed by atoms with van der Waals surface area (Å²) in [6.07, 6.45) is 6.57. The lowest BCUT2D eigenvalue weighted by Gasteiger charge is -2.43. The molecule has 0 amide bonds. The van der Waals surface area contributed by atoms with Crippen molar-refractivity contribution in [1.29, 1.82) is 0 Å². The van der Waals surface area contributed by atoms with Gasteiger partial charge in [0, 0.05) is 24.2 Å². The molecule has 1 aliphatic carbocycles. The minimum absolute atomic E-state index is 0.289. The molecule has 1 fully saturated rings. The minimum atomic E-state index is 0.289. The number of rotatable bonds is 5. The number of benzene rings is 1. The highest BCUT2D eigenvalue weighted by atomic mass is 16.3. The highest BCUT2D eigenvalue weighted by Gasteiger charge is 2.33. The highest BCUT2D eigenvalue weighted by Crippen LogP contribution is 2.31. The van der Waals surface area contributed by atoms with Crippen molar-refractivity contribution in [3.8, 4) is 5.75 Å². The van der Waals surface area contributed by atoms with E-state index in [0.717, 1.165) is 24.2 Å². The van der Waals surface area contributed by atoms with Gasteiger partial charge < -0.3 is 15.3 Å². The van der Waals surface area contributed by atoms with Gasteiger partial charge >= 0.3 is 0 Å². The van der Waals surface area contributed by atoms with Crippen LogP contribution >= 0.6 is 0 Å². The lowest BCUT2D eigenvalue weighted by Crippen LogP contribution is -2.52. The zero-order valence-electron chi connectivity index (χ0n) is 13.1. The van der Waals surface area contributed by atoms with E-state index in [-0.39, 0.29) is 5.54 Å². The molecular formula is C17H28N2O. The fourth-order valence-electron chi connectivity index (χ4n) is 3.28. The molecule has 0 saturated heterocycles. The quantitative estimate of drug-likeness (QED) is 0.867. The van der Waals surface area contributed by atoms with E-state index in [2.05, 4.69) is 24.3 Å². The predicted octanol–water partition coefficient (Wildman–Crippen LogP) is 3.05. The maximum absolute atomic E-state index is 10.1. The second-order valence-electron chi connectivity index (χ2n) is 6.37. The molecule has 20 heavy (non-hydrogen) atoms. The van der Waals surface area contributed by atoms with Gasteiger partial charge in [-0.15, -0.1) is 0 Å². The number of hydrogen-bond acceptors (Lipinski definition) is 3. The number of aromatic hydroxyl groups is 1. The molecule has 0 atom stereocenters. The standard InChI is InChI=1S/C17H28N2O/c1-14-8-7-9-15(16(14)20)12-18-13-17(19(2)3)10-5-4-6-11-17/h7-9,18,20H,4-6,10-13H2,1-3H3. The van der Waals surface area contributed by atoms with E-state index >= 15 is 0 Å². The van der Waals surface area contributed by atoms with E-state index in [1.807, 2.05) is 25.1 Å². The van der Waals surface area contributed by atoms with Gasteiger partial charge in [0.15, 0.2) is 0 Å². The average Bonchev–Trinajstić information content (AvgIpc) is 2.44. The first-order valence-corrected chi connectivity index (χ1v) is 7.71. The van der Waals surface area contributed by atoms with E-state index in [0.29, 0.717) is 5.75 Å². The zero-order chi connectivity index (χ0) is 14.6. The minimum Gasteiger partial charge on any atom is -0.507 e. The topological polar surface area (TPSA) is 35.5 Å². The number of nitrogens with zero attached hydrogens (tertiary/aromatic N) is 1. The Labute approximate surface area is 123 Å². The molecule has 0 heterocycles. The van der Waals surface area contributed by atoms with E-state index in [1.165, 1.54) is 32.1 Å². The Morgan fingerprint density at radius 1 is 1.20 bits per heavy atom. The van der Waals surface area contributed by atoms with Crippen molar-refractivity contribution in [3.63, 3.8) is 0 Å². The number of likely N-dealkylation sites (N-methyl/N-ethyl adjacent to an activating group) is 1. The van der Waals surface area contributed by atoms with Gasteiger partial charge in [0.1, 0.15) is 5.75 Å². The van der Waals surface area contributed by atoms with Crippen LogP contribution in [0.5, 0.6) is 5.75 Å². The van der Waals surface area contributed by atoms with Gasteiger partial charge in [-0.2, -0.15) is 0 Å². The smallest absolute Gasteiger partial charge is 0.122 e. The summed E-state index contributed by atoms with van der Waals surface area (Å²) in [5, 5.41) is 13.6. The van der Waals surface area contributed by atoms with Crippen LogP contribution < -0.4 is 5.32 Å². The third kappa shape index (κ3) is 3.33. The van der Waals surface area contributed by atoms with Crippen molar-refractivity contribution in [1.82, 2.24) is 10.2 Å². The Morgan fingerprint density at radius 3 is 2.55 bits per heavy atom. The molecule has 2 rings (SSSR count). The van der Waals surface area contributed by atoms with Gasteiger partial charge in [0.25, 0.3) is 0 Å². The van der Waals surface area contributed by atoms with E-state index in [9.17, 15) is 5.11 Å². The maximum atomic E-state index is 10.1. The summed E-state index contributed by atoms with van der Waals surface area (Å²) in [6, 6.07) is 5.95. The van der Waals surface area contributed by atoms with Crippen molar-refractivity contribution >= 4 is 0 Å². The molecule has 1 aromatic carbocycles. The molecule has 0 unspecified atom stereocenters. The first-order chi connectivity index (χ1) is 9.55. The van der Waals surface area contributed by atoms with Crippen LogP contribution in [0.2, 0.25) is 0 Å². The summed E-state index contributed by atoms with van der Waals surface area (Å²) in [6.45, 7) is 3.68. The van der Waals surface area contributed by atoms with Gasteiger partial charge in [-0.05, 0) is 39.4 Å². The molecule has 1 aliphatic rings. The Balaban J connectivity index is 1.95. The number of phenols is 1. The Bertz CT molecular complexity index is 437. The van der Waals surface area contributed by atoms with Crippen LogP contribution in [-0.4, -0.2) is 36.2 Å². The van der Waals surface area contributed by atoms with Crippen molar-refractivity contribution in [2.45, 2.75) is 51.1 Å². The second kappa shape index (κ2) is 6.59. The number of para-hydroxylation sites is 1. The van der Waals surface area contributed by atoms with Gasteiger partial charge in [0.05, 0.1) is 0 Å². The van der Waals surface area contributed by atoms with Crippen molar-refractivity contribution < 1.29 is 5.11 Å². The molecular weight excluding hydrogens is 248 g/mol. The number of hydrogen-bond donors (Lipinski definition) is 2. The summed E-state index contributed by atoms with van der Waals surface area (Å²) < 4.78 is 0. The van der Waals surface area contributed by atoms with Crippen LogP contribution in [0.3, 0.4) is 0 Å². The summed E-state index contributed by atoms with van der Waals surface area (Å²) in [5.74, 6) is 0.433. The number of nitrogens with one attached hydrogen (secondary N) is 1. The van der Waals surface area contributed by atoms with E-state index < -0.39 is 0 Å². The SMILES string of the molecule is Cc1cccc(CNCC2(N(C)C)CCCCC2)c1O. The Hall–Kier alpha value is -1.06. The van der Waals surface area contributed by atoms with Crippen LogP contribution in [0.15, 0.2) is 18.2 Å². The number of phenolic OH excluding ortho intramolecular Hbond substituents is 1. The van der Waals surface area contributed by atoms with Gasteiger partial charge in [0.2, 0.25) is 0 Å². The summed E-state index contributed by atoms with van der Waals surface area (Å²) in [5.41, 5.74) is 2.23. The maximum Gasteiger partial charge on any atom is 0.122 e. The lowest BCUT2D eigenvalue weighted by atomic mass is 9.80. The lowest BCUT2D eigenvalue weighted by molar-refractivity contribution is 0.0983. The fourth-order valence-corrected chi connectivity index (χ4v) is 3.28. The Morgan fingerprint density at radius 2 is 1.90 bits per heavy atom. The van der Waals surface area contributed by atoms with Crippen molar-refractivity contribution in [3.05, 3.63) is 29.3 Å². The molecule has 3 heteroatoms. The van der Waals surface area contributed by atoms with Crippen LogP contribution in [0.4, 0.5) is 0 Å². The monoisotopic (exact) mass is 276 g/mol. The second-order valence-corrected chi connectivity index (χ2v) is 6.37. The summed E-state index contributed by atoms with van der Waals surface area (Å²) >= 11 is 0. The van der Waals surface area contributed by atoms with Crippen molar-refractivity contribution in [2.24, 2.45) is 0 Å². The fraction of sp³-hybridized carbons (Fsp3) is 0.647. The van der Waals surface area contributed by atoms with E-state index in [4.69, 9.17) is 0 Å². The van der Waals surface area contributed by atoms with Crippen LogP contribution in [-0.2, 0) is 6.54 Å². The molecule has 1 saturated carbocycles. The third-order valence-electron chi connectivity index (χ3n) is 4.82. The van der Waals surface area contributed by atoms with Crippen LogP contribution in [0, 0.1) is 6.92 Å². The summed E-state index contributed by atoms with van der Waals surface area (Å²) in [4.78, 5) is 2.38. The molecule has 2 N–H and O–H groups in total. The van der Waals surface area contributed by atoms with Crippen LogP contribution in [0.25, 0.3) is 0 Å². The van der Waals surface area contributed by atoms with Gasteiger partial charge in [-0.1, -0.05) is 37.5 Å². The summed E-state index contributed by atoms with van der Waals surface area (Å²) in [7, 11) is 4.38. The molecule has 112 valence electrons. The molecule has 0 radical (unpaired) electrons. The van der Waals surface area contributed by atoms with Gasteiger partial charge in [-0.3, -0.25) is 0 Å². The van der Waals surface area contributed by atoms with Crippen LogP contribution in [0.1, 0.15) is 43.2 Å². The predicted molar refractivity (Wildman–Crippen MR) is 84.1 cm³/mol. The Kier molecular flexibility index (Phi) is 5.06. The highest BCUT2D eigenvalue weighted by molar-refractivity contribution is 5.39. The molecule has 0 spiro atoms. The first-order valence-electron chi connectivity index (χ1n) is 7.71. The third-order valence-corrected chi connectivity index (χ3v) is 4.82. The van der Waals surface area contributed by atoms with Gasteiger partial charge in [-0.25, -0.2) is 0 Å². The molecule has 3 nitrogen and oxygen atoms in total. The first kappa shape index (κ1) is 15.3. The van der Waals surface area contributed by atoms with Crippen molar-refractivity contribution in [2.75, 3.05) is 20.6 Å². The molecule has 1 aromatic rings. The van der Waals surface area contributed by atoms with E-state index in [1.54, 1.807) is 0 Å². The normalized spacial score (nSPS) is 18.4. The number of aryl methyl sites for hydroxylation is 1. The largest absolute Gasteiger partial charge is 0.507 e. The molecule has 0 aliphatic heterocycles. The zero-order valence-corrected chi connectivity index (χ0v) is 13.1. The molecule has 0 aromatic heterocycles.